The summed E-state index contributed by atoms with van der Waals surface area (Å²) in [6, 6.07) is 3.13. The van der Waals surface area contributed by atoms with E-state index in [-0.39, 0.29) is 17.2 Å². The lowest BCUT2D eigenvalue weighted by molar-refractivity contribution is 0.0994. The number of Topliss-reactive ketones (excluding diaryl/α,β-unsaturated/α-hetero) is 1. The van der Waals surface area contributed by atoms with E-state index in [1.54, 1.807) is 12.1 Å². The predicted octanol–water partition coefficient (Wildman–Crippen LogP) is 1.10. The van der Waals surface area contributed by atoms with Gasteiger partial charge in [-0.05, 0) is 24.1 Å². The number of nitrogens with two attached hydrogens (primary N) is 1. The van der Waals surface area contributed by atoms with E-state index < -0.39 is 0 Å². The van der Waals surface area contributed by atoms with E-state index in [9.17, 15) is 9.90 Å². The van der Waals surface area contributed by atoms with Crippen LogP contribution in [0, 0.1) is 0 Å². The minimum absolute atomic E-state index is 0.0726. The Hall–Kier alpha value is -1.51. The van der Waals surface area contributed by atoms with Crippen molar-refractivity contribution in [1.82, 2.24) is 0 Å². The lowest BCUT2D eigenvalue weighted by Gasteiger charge is -2.01. The molecule has 0 saturated carbocycles. The second kappa shape index (κ2) is 2.24. The van der Waals surface area contributed by atoms with Crippen LogP contribution in [0.1, 0.15) is 22.3 Å². The molecular weight excluding hydrogens is 154 g/mol. The molecule has 0 aliphatic heterocycles. The topological polar surface area (TPSA) is 63.3 Å². The monoisotopic (exact) mass is 163 g/mol. The highest BCUT2D eigenvalue weighted by Crippen LogP contribution is 2.30. The van der Waals surface area contributed by atoms with Crippen LogP contribution < -0.4 is 5.73 Å². The standard InChI is InChI=1S/C9H9NO2/c10-7-4-6-5(3-9(7)12)1-2-8(6)11/h3-4,12H,1-2,10H2. The Bertz CT molecular complexity index is 358. The molecule has 0 atom stereocenters. The highest BCUT2D eigenvalue weighted by molar-refractivity contribution is 6.01. The zero-order chi connectivity index (χ0) is 8.72. The first-order valence-corrected chi connectivity index (χ1v) is 3.83. The molecular formula is C9H9NO2. The number of carbonyl (C=O) groups is 1. The number of phenols is 1. The van der Waals surface area contributed by atoms with Gasteiger partial charge in [-0.2, -0.15) is 0 Å². The summed E-state index contributed by atoms with van der Waals surface area (Å²) in [6.07, 6.45) is 1.26. The van der Waals surface area contributed by atoms with Crippen LogP contribution in [0.3, 0.4) is 0 Å². The molecule has 2 rings (SSSR count). The number of anilines is 1. The Morgan fingerprint density at radius 3 is 2.83 bits per heavy atom. The van der Waals surface area contributed by atoms with Gasteiger partial charge in [0.25, 0.3) is 0 Å². The Balaban J connectivity index is 2.63. The van der Waals surface area contributed by atoms with E-state index in [0.29, 0.717) is 12.0 Å². The van der Waals surface area contributed by atoms with Crippen molar-refractivity contribution in [3.8, 4) is 5.75 Å². The van der Waals surface area contributed by atoms with Crippen LogP contribution in [0.4, 0.5) is 5.69 Å². The number of hydrogen-bond acceptors (Lipinski definition) is 3. The van der Waals surface area contributed by atoms with Crippen molar-refractivity contribution in [2.75, 3.05) is 5.73 Å². The van der Waals surface area contributed by atoms with Crippen LogP contribution in [-0.2, 0) is 6.42 Å². The fraction of sp³-hybridized carbons (Fsp3) is 0.222. The molecule has 0 spiro atoms. The third kappa shape index (κ3) is 0.863. The van der Waals surface area contributed by atoms with Gasteiger partial charge in [-0.25, -0.2) is 0 Å². The predicted molar refractivity (Wildman–Crippen MR) is 45.2 cm³/mol. The van der Waals surface area contributed by atoms with Gasteiger partial charge in [0, 0.05) is 12.0 Å². The quantitative estimate of drug-likeness (QED) is 0.444. The number of ketones is 1. The van der Waals surface area contributed by atoms with Gasteiger partial charge in [-0.15, -0.1) is 0 Å². The highest BCUT2D eigenvalue weighted by Gasteiger charge is 2.20. The average molecular weight is 163 g/mol. The third-order valence-electron chi connectivity index (χ3n) is 2.17. The van der Waals surface area contributed by atoms with Gasteiger partial charge in [0.1, 0.15) is 5.75 Å². The van der Waals surface area contributed by atoms with Gasteiger partial charge < -0.3 is 10.8 Å². The van der Waals surface area contributed by atoms with Crippen LogP contribution in [0.15, 0.2) is 12.1 Å². The molecule has 0 heterocycles. The summed E-state index contributed by atoms with van der Waals surface area (Å²) in [7, 11) is 0. The Morgan fingerprint density at radius 1 is 1.33 bits per heavy atom. The van der Waals surface area contributed by atoms with Crippen LogP contribution in [-0.4, -0.2) is 10.9 Å². The fourth-order valence-electron chi connectivity index (χ4n) is 1.50. The third-order valence-corrected chi connectivity index (χ3v) is 2.17. The number of aryl methyl sites for hydroxylation is 1. The van der Waals surface area contributed by atoms with Gasteiger partial charge in [0.05, 0.1) is 5.69 Å². The van der Waals surface area contributed by atoms with Gasteiger partial charge in [0.15, 0.2) is 5.78 Å². The number of nitrogen functional groups attached to an aromatic ring is 1. The Labute approximate surface area is 69.8 Å². The van der Waals surface area contributed by atoms with Crippen LogP contribution in [0.5, 0.6) is 5.75 Å². The minimum Gasteiger partial charge on any atom is -0.506 e. The van der Waals surface area contributed by atoms with E-state index in [2.05, 4.69) is 0 Å². The number of aromatic hydroxyl groups is 1. The first kappa shape index (κ1) is 7.16. The zero-order valence-corrected chi connectivity index (χ0v) is 6.50. The number of phenolic OH excluding ortho intramolecular Hbond substituents is 1. The molecule has 0 aromatic heterocycles. The molecule has 3 heteroatoms. The summed E-state index contributed by atoms with van der Waals surface area (Å²) in [5, 5.41) is 9.23. The number of rotatable bonds is 0. The summed E-state index contributed by atoms with van der Waals surface area (Å²) >= 11 is 0. The maximum atomic E-state index is 11.2. The molecule has 62 valence electrons. The molecule has 12 heavy (non-hydrogen) atoms. The van der Waals surface area contributed by atoms with Gasteiger partial charge >= 0.3 is 0 Å². The smallest absolute Gasteiger partial charge is 0.163 e. The number of benzene rings is 1. The lowest BCUT2D eigenvalue weighted by Crippen LogP contribution is -1.94. The van der Waals surface area contributed by atoms with E-state index in [1.807, 2.05) is 0 Å². The minimum atomic E-state index is 0.0726. The van der Waals surface area contributed by atoms with Crippen molar-refractivity contribution in [1.29, 1.82) is 0 Å². The maximum absolute atomic E-state index is 11.2. The van der Waals surface area contributed by atoms with Crippen LogP contribution in [0.25, 0.3) is 0 Å². The number of fused-ring (bicyclic) bond motifs is 1. The van der Waals surface area contributed by atoms with E-state index >= 15 is 0 Å². The molecule has 3 nitrogen and oxygen atoms in total. The molecule has 0 bridgehead atoms. The summed E-state index contributed by atoms with van der Waals surface area (Å²) in [5.41, 5.74) is 7.31. The molecule has 1 aliphatic rings. The zero-order valence-electron chi connectivity index (χ0n) is 6.50. The van der Waals surface area contributed by atoms with E-state index in [0.717, 1.165) is 12.0 Å². The first-order chi connectivity index (χ1) is 5.68. The molecule has 3 N–H and O–H groups in total. The molecule has 0 amide bonds. The van der Waals surface area contributed by atoms with Crippen LogP contribution in [0.2, 0.25) is 0 Å². The second-order valence-electron chi connectivity index (χ2n) is 2.99. The summed E-state index contributed by atoms with van der Waals surface area (Å²) in [4.78, 5) is 11.2. The fourth-order valence-corrected chi connectivity index (χ4v) is 1.50. The first-order valence-electron chi connectivity index (χ1n) is 3.83. The molecule has 0 fully saturated rings. The van der Waals surface area contributed by atoms with E-state index in [1.165, 1.54) is 0 Å². The normalized spacial score (nSPS) is 14.8. The van der Waals surface area contributed by atoms with Crippen molar-refractivity contribution < 1.29 is 9.90 Å². The van der Waals surface area contributed by atoms with E-state index in [4.69, 9.17) is 5.73 Å². The summed E-state index contributed by atoms with van der Waals surface area (Å²) in [6.45, 7) is 0. The van der Waals surface area contributed by atoms with Crippen molar-refractivity contribution in [3.63, 3.8) is 0 Å². The summed E-state index contributed by atoms with van der Waals surface area (Å²) in [5.74, 6) is 0.195. The molecule has 0 unspecified atom stereocenters. The van der Waals surface area contributed by atoms with Gasteiger partial charge in [-0.3, -0.25) is 4.79 Å². The van der Waals surface area contributed by atoms with Crippen molar-refractivity contribution in [3.05, 3.63) is 23.3 Å². The highest BCUT2D eigenvalue weighted by atomic mass is 16.3. The Morgan fingerprint density at radius 2 is 2.08 bits per heavy atom. The second-order valence-corrected chi connectivity index (χ2v) is 2.99. The molecule has 1 aromatic rings. The number of carbonyl (C=O) groups excluding carboxylic acids is 1. The van der Waals surface area contributed by atoms with Crippen LogP contribution >= 0.6 is 0 Å². The number of hydrogen-bond donors (Lipinski definition) is 2. The molecule has 0 radical (unpaired) electrons. The van der Waals surface area contributed by atoms with Crippen molar-refractivity contribution >= 4 is 11.5 Å². The SMILES string of the molecule is Nc1cc2c(cc1O)CCC2=O. The van der Waals surface area contributed by atoms with Crippen molar-refractivity contribution in [2.45, 2.75) is 12.8 Å². The largest absolute Gasteiger partial charge is 0.506 e. The van der Waals surface area contributed by atoms with Gasteiger partial charge in [-0.1, -0.05) is 0 Å². The lowest BCUT2D eigenvalue weighted by atomic mass is 10.1. The Kier molecular flexibility index (Phi) is 1.33. The van der Waals surface area contributed by atoms with Gasteiger partial charge in [0.2, 0.25) is 0 Å². The average Bonchev–Trinajstić information content (AvgIpc) is 2.35. The molecule has 0 saturated heterocycles. The summed E-state index contributed by atoms with van der Waals surface area (Å²) < 4.78 is 0. The maximum Gasteiger partial charge on any atom is 0.163 e. The van der Waals surface area contributed by atoms with Crippen molar-refractivity contribution in [2.24, 2.45) is 0 Å². The molecule has 1 aliphatic carbocycles. The molecule has 1 aromatic carbocycles.